The first-order valence-corrected chi connectivity index (χ1v) is 11.3. The van der Waals surface area contributed by atoms with Crippen molar-refractivity contribution in [3.63, 3.8) is 0 Å². The van der Waals surface area contributed by atoms with Crippen molar-refractivity contribution in [1.29, 1.82) is 0 Å². The fourth-order valence-electron chi connectivity index (χ4n) is 5.99. The number of nitrogens with one attached hydrogen (secondary N) is 2. The van der Waals surface area contributed by atoms with Gasteiger partial charge in [0.25, 0.3) is 0 Å². The first kappa shape index (κ1) is 20.0. The van der Waals surface area contributed by atoms with Gasteiger partial charge in [0.05, 0.1) is 11.8 Å². The third-order valence-electron chi connectivity index (χ3n) is 7.46. The molecule has 3 fully saturated rings. The molecule has 31 heavy (non-hydrogen) atoms. The van der Waals surface area contributed by atoms with Crippen LogP contribution < -0.4 is 10.6 Å². The second-order valence-corrected chi connectivity index (χ2v) is 9.15. The van der Waals surface area contributed by atoms with Crippen molar-refractivity contribution in [2.75, 3.05) is 30.3 Å². The van der Waals surface area contributed by atoms with Gasteiger partial charge in [-0.05, 0) is 61.8 Å². The highest BCUT2D eigenvalue weighted by molar-refractivity contribution is 6.09. The van der Waals surface area contributed by atoms with Gasteiger partial charge >= 0.3 is 0 Å². The Kier molecular flexibility index (Phi) is 4.95. The number of benzene rings is 1. The van der Waals surface area contributed by atoms with Crippen molar-refractivity contribution in [2.45, 2.75) is 39.2 Å². The summed E-state index contributed by atoms with van der Waals surface area (Å²) in [7, 11) is 0. The molecule has 8 nitrogen and oxygen atoms in total. The molecule has 2 heterocycles. The van der Waals surface area contributed by atoms with Crippen LogP contribution in [0.3, 0.4) is 0 Å². The van der Waals surface area contributed by atoms with Crippen LogP contribution in [0.1, 0.15) is 38.2 Å². The molecular formula is C23H28N4O4. The number of hydrogen-bond donors (Lipinski definition) is 2. The predicted octanol–water partition coefficient (Wildman–Crippen LogP) is 1.82. The average molecular weight is 425 g/mol. The number of carbonyl (C=O) groups excluding carboxylic acids is 4. The Labute approximate surface area is 181 Å². The van der Waals surface area contributed by atoms with Crippen molar-refractivity contribution in [3.05, 3.63) is 23.8 Å². The average Bonchev–Trinajstić information content (AvgIpc) is 3.42. The van der Waals surface area contributed by atoms with E-state index in [-0.39, 0.29) is 42.0 Å². The number of amides is 4. The van der Waals surface area contributed by atoms with Gasteiger partial charge in [-0.3, -0.25) is 24.1 Å². The van der Waals surface area contributed by atoms with Gasteiger partial charge in [-0.15, -0.1) is 0 Å². The molecule has 2 aliphatic carbocycles. The van der Waals surface area contributed by atoms with Crippen molar-refractivity contribution in [1.82, 2.24) is 9.80 Å². The van der Waals surface area contributed by atoms with Crippen LogP contribution in [0.2, 0.25) is 0 Å². The summed E-state index contributed by atoms with van der Waals surface area (Å²) in [6.45, 7) is 3.37. The summed E-state index contributed by atoms with van der Waals surface area (Å²) < 4.78 is 0. The summed E-state index contributed by atoms with van der Waals surface area (Å²) in [6.07, 6.45) is 3.47. The second-order valence-electron chi connectivity index (χ2n) is 9.15. The highest BCUT2D eigenvalue weighted by Gasteiger charge is 2.60. The second kappa shape index (κ2) is 7.66. The number of fused-ring (bicyclic) bond motifs is 6. The van der Waals surface area contributed by atoms with Crippen molar-refractivity contribution in [3.8, 4) is 0 Å². The largest absolute Gasteiger partial charge is 0.384 e. The van der Waals surface area contributed by atoms with Gasteiger partial charge in [-0.1, -0.05) is 0 Å². The maximum atomic E-state index is 12.8. The molecule has 2 N–H and O–H groups in total. The molecule has 2 aliphatic heterocycles. The van der Waals surface area contributed by atoms with Gasteiger partial charge in [0.15, 0.2) is 0 Å². The fourth-order valence-corrected chi connectivity index (χ4v) is 5.99. The summed E-state index contributed by atoms with van der Waals surface area (Å²) in [5.41, 5.74) is 2.46. The Balaban J connectivity index is 1.27. The number of hydrogen-bond acceptors (Lipinski definition) is 5. The number of carbonyl (C=O) groups is 4. The van der Waals surface area contributed by atoms with Crippen molar-refractivity contribution in [2.24, 2.45) is 23.7 Å². The SMILES string of the molecule is CCN1Cc2cc(NC(=O)CN3C(=O)C4C(C3=O)[C@H]3CC[C@@H]4C3)ccc2NCCC1=O. The number of nitrogens with zero attached hydrogens (tertiary/aromatic N) is 2. The van der Waals surface area contributed by atoms with E-state index in [1.54, 1.807) is 11.0 Å². The van der Waals surface area contributed by atoms with Crippen molar-refractivity contribution >= 4 is 35.0 Å². The van der Waals surface area contributed by atoms with Crippen LogP contribution >= 0.6 is 0 Å². The Hall–Kier alpha value is -2.90. The fraction of sp³-hybridized carbons (Fsp3) is 0.565. The molecule has 4 amide bonds. The smallest absolute Gasteiger partial charge is 0.244 e. The van der Waals surface area contributed by atoms with Crippen molar-refractivity contribution < 1.29 is 19.2 Å². The zero-order valence-electron chi connectivity index (χ0n) is 17.7. The van der Waals surface area contributed by atoms with Gasteiger partial charge in [-0.2, -0.15) is 0 Å². The van der Waals surface area contributed by atoms with Crippen LogP contribution in [0.5, 0.6) is 0 Å². The number of imide groups is 1. The van der Waals surface area contributed by atoms with E-state index in [2.05, 4.69) is 10.6 Å². The topological polar surface area (TPSA) is 98.8 Å². The molecule has 4 atom stereocenters. The molecule has 1 aromatic carbocycles. The Bertz CT molecular complexity index is 933. The van der Waals surface area contributed by atoms with E-state index >= 15 is 0 Å². The summed E-state index contributed by atoms with van der Waals surface area (Å²) in [6, 6.07) is 5.54. The quantitative estimate of drug-likeness (QED) is 0.719. The van der Waals surface area contributed by atoms with Crippen LogP contribution in [-0.4, -0.2) is 53.1 Å². The molecule has 0 spiro atoms. The molecule has 1 saturated heterocycles. The number of likely N-dealkylation sites (tertiary alicyclic amines) is 1. The van der Waals surface area contributed by atoms with Crippen LogP contribution in [0.4, 0.5) is 11.4 Å². The van der Waals surface area contributed by atoms with Gasteiger partial charge < -0.3 is 15.5 Å². The zero-order valence-corrected chi connectivity index (χ0v) is 17.7. The van der Waals surface area contributed by atoms with Crippen LogP contribution in [0.15, 0.2) is 18.2 Å². The molecule has 2 unspecified atom stereocenters. The number of anilines is 2. The monoisotopic (exact) mass is 424 g/mol. The lowest BCUT2D eigenvalue weighted by Crippen LogP contribution is -2.39. The van der Waals surface area contributed by atoms with Crippen LogP contribution in [0, 0.1) is 23.7 Å². The minimum Gasteiger partial charge on any atom is -0.384 e. The molecular weight excluding hydrogens is 396 g/mol. The molecule has 2 bridgehead atoms. The molecule has 0 radical (unpaired) electrons. The summed E-state index contributed by atoms with van der Waals surface area (Å²) >= 11 is 0. The van der Waals surface area contributed by atoms with Gasteiger partial charge in [0, 0.05) is 37.4 Å². The van der Waals surface area contributed by atoms with E-state index in [1.165, 1.54) is 4.90 Å². The molecule has 1 aromatic rings. The van der Waals surface area contributed by atoms with E-state index in [4.69, 9.17) is 0 Å². The molecule has 164 valence electrons. The Morgan fingerprint density at radius 1 is 1.13 bits per heavy atom. The first-order valence-electron chi connectivity index (χ1n) is 11.3. The van der Waals surface area contributed by atoms with Crippen LogP contribution in [-0.2, 0) is 25.7 Å². The maximum Gasteiger partial charge on any atom is 0.244 e. The standard InChI is InChI=1S/C23H28N4O4/c1-2-26-11-15-10-16(5-6-17(15)24-8-7-19(26)29)25-18(28)12-27-22(30)20-13-3-4-14(9-13)21(20)23(27)31/h5-6,10,13-14,20-21,24H,2-4,7-9,11-12H2,1H3,(H,25,28)/t13-,14+,20?,21?. The lowest BCUT2D eigenvalue weighted by atomic mass is 9.81. The summed E-state index contributed by atoms with van der Waals surface area (Å²) in [4.78, 5) is 53.5. The van der Waals surface area contributed by atoms with E-state index in [9.17, 15) is 19.2 Å². The molecule has 0 aromatic heterocycles. The van der Waals surface area contributed by atoms with Gasteiger partial charge in [0.2, 0.25) is 23.6 Å². The molecule has 8 heteroatoms. The first-order chi connectivity index (χ1) is 15.0. The number of rotatable bonds is 4. The minimum atomic E-state index is -0.379. The normalized spacial score (nSPS) is 29.4. The third kappa shape index (κ3) is 3.38. The summed E-state index contributed by atoms with van der Waals surface area (Å²) in [5, 5.41) is 6.10. The Morgan fingerprint density at radius 3 is 2.52 bits per heavy atom. The lowest BCUT2D eigenvalue weighted by Gasteiger charge is -2.26. The van der Waals surface area contributed by atoms with E-state index in [1.807, 2.05) is 19.1 Å². The highest BCUT2D eigenvalue weighted by atomic mass is 16.2. The van der Waals surface area contributed by atoms with E-state index < -0.39 is 0 Å². The highest BCUT2D eigenvalue weighted by Crippen LogP contribution is 2.56. The molecule has 5 rings (SSSR count). The summed E-state index contributed by atoms with van der Waals surface area (Å²) in [5.74, 6) is -0.418. The van der Waals surface area contributed by atoms with Gasteiger partial charge in [0.1, 0.15) is 6.54 Å². The maximum absolute atomic E-state index is 12.8. The van der Waals surface area contributed by atoms with Crippen LogP contribution in [0.25, 0.3) is 0 Å². The molecule has 2 saturated carbocycles. The zero-order chi connectivity index (χ0) is 21.7. The predicted molar refractivity (Wildman–Crippen MR) is 114 cm³/mol. The molecule has 4 aliphatic rings. The lowest BCUT2D eigenvalue weighted by molar-refractivity contribution is -0.143. The minimum absolute atomic E-state index is 0.0978. The van der Waals surface area contributed by atoms with Gasteiger partial charge in [-0.25, -0.2) is 0 Å². The van der Waals surface area contributed by atoms with E-state index in [0.717, 1.165) is 30.5 Å². The van der Waals surface area contributed by atoms with E-state index in [0.29, 0.717) is 43.6 Å². The third-order valence-corrected chi connectivity index (χ3v) is 7.46. The Morgan fingerprint density at radius 2 is 1.84 bits per heavy atom.